The molecule has 0 saturated carbocycles. The summed E-state index contributed by atoms with van der Waals surface area (Å²) in [6, 6.07) is 5.98. The molecule has 2 amide bonds. The topological polar surface area (TPSA) is 44.8 Å². The molecule has 1 fully saturated rings. The van der Waals surface area contributed by atoms with Crippen molar-refractivity contribution in [2.75, 3.05) is 51.8 Å². The molecule has 0 aliphatic carbocycles. The van der Waals surface area contributed by atoms with Crippen molar-refractivity contribution in [3.63, 3.8) is 0 Å². The van der Waals surface area contributed by atoms with Crippen LogP contribution < -0.4 is 5.32 Å². The van der Waals surface area contributed by atoms with Crippen LogP contribution in [0.1, 0.15) is 11.1 Å². The first-order chi connectivity index (χ1) is 10.1. The maximum atomic E-state index is 12.3. The fourth-order valence-corrected chi connectivity index (χ4v) is 2.48. The zero-order chi connectivity index (χ0) is 15.2. The van der Waals surface area contributed by atoms with E-state index in [0.29, 0.717) is 0 Å². The Morgan fingerprint density at radius 3 is 2.62 bits per heavy atom. The minimum Gasteiger partial charge on any atom is -0.383 e. The van der Waals surface area contributed by atoms with Gasteiger partial charge in [-0.15, -0.1) is 0 Å². The summed E-state index contributed by atoms with van der Waals surface area (Å²) in [6.45, 7) is 9.11. The summed E-state index contributed by atoms with van der Waals surface area (Å²) in [5, 5.41) is 3.02. The third-order valence-electron chi connectivity index (χ3n) is 4.12. The third kappa shape index (κ3) is 4.19. The Labute approximate surface area is 126 Å². The summed E-state index contributed by atoms with van der Waals surface area (Å²) in [7, 11) is 1.72. The number of amides is 2. The van der Waals surface area contributed by atoms with Crippen molar-refractivity contribution in [2.45, 2.75) is 13.8 Å². The number of methoxy groups -OCH3 is 1. The van der Waals surface area contributed by atoms with Crippen LogP contribution in [-0.4, -0.2) is 62.3 Å². The average Bonchev–Trinajstić information content (AvgIpc) is 2.50. The van der Waals surface area contributed by atoms with Crippen LogP contribution in [0.15, 0.2) is 18.2 Å². The molecule has 116 valence electrons. The van der Waals surface area contributed by atoms with Crippen LogP contribution in [0.4, 0.5) is 10.5 Å². The van der Waals surface area contributed by atoms with E-state index in [4.69, 9.17) is 4.74 Å². The zero-order valence-electron chi connectivity index (χ0n) is 13.2. The molecular formula is C16H25N3O2. The zero-order valence-corrected chi connectivity index (χ0v) is 13.2. The lowest BCUT2D eigenvalue weighted by atomic mass is 10.1. The number of hydrogen-bond acceptors (Lipinski definition) is 3. The van der Waals surface area contributed by atoms with E-state index in [0.717, 1.165) is 50.6 Å². The van der Waals surface area contributed by atoms with E-state index in [2.05, 4.69) is 23.2 Å². The van der Waals surface area contributed by atoms with Crippen molar-refractivity contribution in [2.24, 2.45) is 0 Å². The predicted octanol–water partition coefficient (Wildman–Crippen LogP) is 2.10. The highest BCUT2D eigenvalue weighted by molar-refractivity contribution is 5.90. The number of piperazine rings is 1. The van der Waals surface area contributed by atoms with E-state index in [1.807, 2.05) is 24.0 Å². The number of ether oxygens (including phenoxy) is 1. The Hall–Kier alpha value is -1.59. The highest BCUT2D eigenvalue weighted by Gasteiger charge is 2.21. The van der Waals surface area contributed by atoms with Crippen LogP contribution in [0.5, 0.6) is 0 Å². The molecular weight excluding hydrogens is 266 g/mol. The Balaban J connectivity index is 1.86. The smallest absolute Gasteiger partial charge is 0.321 e. The highest BCUT2D eigenvalue weighted by atomic mass is 16.5. The SMILES string of the molecule is COCCN1CCN(C(=O)Nc2cccc(C)c2C)CC1. The van der Waals surface area contributed by atoms with Gasteiger partial charge in [-0.2, -0.15) is 0 Å². The predicted molar refractivity (Wildman–Crippen MR) is 84.8 cm³/mol. The first-order valence-electron chi connectivity index (χ1n) is 7.45. The van der Waals surface area contributed by atoms with E-state index in [-0.39, 0.29) is 6.03 Å². The molecule has 0 aromatic heterocycles. The number of aryl methyl sites for hydroxylation is 1. The number of carbonyl (C=O) groups excluding carboxylic acids is 1. The molecule has 0 spiro atoms. The second-order valence-corrected chi connectivity index (χ2v) is 5.50. The molecule has 0 radical (unpaired) electrons. The molecule has 2 rings (SSSR count). The molecule has 1 N–H and O–H groups in total. The second-order valence-electron chi connectivity index (χ2n) is 5.50. The van der Waals surface area contributed by atoms with E-state index in [9.17, 15) is 4.79 Å². The van der Waals surface area contributed by atoms with Crippen molar-refractivity contribution in [3.8, 4) is 0 Å². The van der Waals surface area contributed by atoms with Gasteiger partial charge in [0.2, 0.25) is 0 Å². The maximum Gasteiger partial charge on any atom is 0.321 e. The van der Waals surface area contributed by atoms with Gasteiger partial charge in [0, 0.05) is 45.5 Å². The van der Waals surface area contributed by atoms with Crippen LogP contribution >= 0.6 is 0 Å². The van der Waals surface area contributed by atoms with Crippen molar-refractivity contribution >= 4 is 11.7 Å². The monoisotopic (exact) mass is 291 g/mol. The molecule has 1 heterocycles. The van der Waals surface area contributed by atoms with E-state index in [1.165, 1.54) is 5.56 Å². The standard InChI is InChI=1S/C16H25N3O2/c1-13-5-4-6-15(14(13)2)17-16(20)19-9-7-18(8-10-19)11-12-21-3/h4-6H,7-12H2,1-3H3,(H,17,20). The summed E-state index contributed by atoms with van der Waals surface area (Å²) in [5.41, 5.74) is 3.23. The van der Waals surface area contributed by atoms with Gasteiger partial charge in [0.15, 0.2) is 0 Å². The minimum atomic E-state index is -0.00454. The van der Waals surface area contributed by atoms with Gasteiger partial charge in [0.1, 0.15) is 0 Å². The van der Waals surface area contributed by atoms with Crippen LogP contribution in [0.2, 0.25) is 0 Å². The van der Waals surface area contributed by atoms with Gasteiger partial charge >= 0.3 is 6.03 Å². The lowest BCUT2D eigenvalue weighted by Crippen LogP contribution is -2.50. The summed E-state index contributed by atoms with van der Waals surface area (Å²) in [4.78, 5) is 16.5. The van der Waals surface area contributed by atoms with Crippen molar-refractivity contribution < 1.29 is 9.53 Å². The lowest BCUT2D eigenvalue weighted by molar-refractivity contribution is 0.109. The van der Waals surface area contributed by atoms with Gasteiger partial charge in [-0.25, -0.2) is 4.79 Å². The highest BCUT2D eigenvalue weighted by Crippen LogP contribution is 2.18. The number of nitrogens with zero attached hydrogens (tertiary/aromatic N) is 2. The van der Waals surface area contributed by atoms with Crippen LogP contribution in [0.3, 0.4) is 0 Å². The minimum absolute atomic E-state index is 0.00454. The second kappa shape index (κ2) is 7.43. The Morgan fingerprint density at radius 2 is 1.95 bits per heavy atom. The lowest BCUT2D eigenvalue weighted by Gasteiger charge is -2.34. The summed E-state index contributed by atoms with van der Waals surface area (Å²) >= 11 is 0. The molecule has 1 aromatic rings. The van der Waals surface area contributed by atoms with Gasteiger partial charge in [0.05, 0.1) is 6.61 Å². The van der Waals surface area contributed by atoms with Crippen molar-refractivity contribution in [1.82, 2.24) is 9.80 Å². The van der Waals surface area contributed by atoms with Gasteiger partial charge in [-0.3, -0.25) is 4.90 Å². The molecule has 5 heteroatoms. The quantitative estimate of drug-likeness (QED) is 0.924. The number of benzene rings is 1. The van der Waals surface area contributed by atoms with Gasteiger partial charge in [0.25, 0.3) is 0 Å². The normalized spacial score (nSPS) is 16.0. The molecule has 21 heavy (non-hydrogen) atoms. The van der Waals surface area contributed by atoms with Crippen molar-refractivity contribution in [1.29, 1.82) is 0 Å². The van der Waals surface area contributed by atoms with Crippen LogP contribution in [-0.2, 0) is 4.74 Å². The first kappa shape index (κ1) is 15.8. The van der Waals surface area contributed by atoms with Gasteiger partial charge in [-0.05, 0) is 31.0 Å². The first-order valence-corrected chi connectivity index (χ1v) is 7.45. The van der Waals surface area contributed by atoms with Crippen molar-refractivity contribution in [3.05, 3.63) is 29.3 Å². The number of anilines is 1. The Kier molecular flexibility index (Phi) is 5.59. The number of nitrogens with one attached hydrogen (secondary N) is 1. The Bertz CT molecular complexity index is 482. The molecule has 0 atom stereocenters. The number of rotatable bonds is 4. The van der Waals surface area contributed by atoms with Gasteiger partial charge in [-0.1, -0.05) is 12.1 Å². The number of hydrogen-bond donors (Lipinski definition) is 1. The van der Waals surface area contributed by atoms with Gasteiger partial charge < -0.3 is 15.0 Å². The fourth-order valence-electron chi connectivity index (χ4n) is 2.48. The van der Waals surface area contributed by atoms with Crippen LogP contribution in [0.25, 0.3) is 0 Å². The molecule has 0 bridgehead atoms. The van der Waals surface area contributed by atoms with E-state index >= 15 is 0 Å². The van der Waals surface area contributed by atoms with E-state index in [1.54, 1.807) is 7.11 Å². The largest absolute Gasteiger partial charge is 0.383 e. The summed E-state index contributed by atoms with van der Waals surface area (Å²) < 4.78 is 5.09. The fraction of sp³-hybridized carbons (Fsp3) is 0.562. The third-order valence-corrected chi connectivity index (χ3v) is 4.12. The number of urea groups is 1. The molecule has 1 aromatic carbocycles. The molecule has 1 saturated heterocycles. The molecule has 0 unspecified atom stereocenters. The Morgan fingerprint density at radius 1 is 1.24 bits per heavy atom. The molecule has 5 nitrogen and oxygen atoms in total. The molecule has 1 aliphatic rings. The maximum absolute atomic E-state index is 12.3. The van der Waals surface area contributed by atoms with Crippen LogP contribution in [0, 0.1) is 13.8 Å². The summed E-state index contributed by atoms with van der Waals surface area (Å²) in [6.07, 6.45) is 0. The average molecular weight is 291 g/mol. The van der Waals surface area contributed by atoms with E-state index < -0.39 is 0 Å². The summed E-state index contributed by atoms with van der Waals surface area (Å²) in [5.74, 6) is 0. The number of carbonyl (C=O) groups is 1. The molecule has 1 aliphatic heterocycles.